The SMILES string of the molecule is CC(=O)Nc1cc(Nc2nc(F)nc(N(C)CS(=O)(=O)CCOS(=O)(=O)O)n2)ccc1N=Nc1ccc2cc(C)cc(S(=O)(=O)O)c2c1. The number of benzene rings is 3. The van der Waals surface area contributed by atoms with Gasteiger partial charge in [0, 0.05) is 25.0 Å². The number of aromatic nitrogens is 3. The smallest absolute Gasteiger partial charge is 0.329 e. The molecule has 4 aromatic rings. The van der Waals surface area contributed by atoms with Crippen LogP contribution in [0.4, 0.5) is 39.0 Å². The Morgan fingerprint density at radius 3 is 2.38 bits per heavy atom. The fraction of sp³-hybridized carbons (Fsp3) is 0.231. The van der Waals surface area contributed by atoms with Gasteiger partial charge in [-0.05, 0) is 54.3 Å². The lowest BCUT2D eigenvalue weighted by Crippen LogP contribution is -2.31. The van der Waals surface area contributed by atoms with E-state index in [2.05, 4.69) is 40.0 Å². The molecule has 0 saturated carbocycles. The van der Waals surface area contributed by atoms with Crippen LogP contribution >= 0.6 is 0 Å². The van der Waals surface area contributed by atoms with Crippen molar-refractivity contribution < 1.29 is 47.7 Å². The molecule has 0 aliphatic carbocycles. The predicted octanol–water partition coefficient (Wildman–Crippen LogP) is 3.46. The Hall–Kier alpha value is -4.74. The summed E-state index contributed by atoms with van der Waals surface area (Å²) in [5, 5.41) is 14.4. The highest BCUT2D eigenvalue weighted by Gasteiger charge is 2.20. The van der Waals surface area contributed by atoms with Crippen LogP contribution in [0.1, 0.15) is 12.5 Å². The molecule has 1 aromatic heterocycles. The molecule has 18 nitrogen and oxygen atoms in total. The van der Waals surface area contributed by atoms with Crippen LogP contribution in [0.5, 0.6) is 0 Å². The first-order valence-corrected chi connectivity index (χ1v) is 18.0. The zero-order chi connectivity index (χ0) is 35.4. The van der Waals surface area contributed by atoms with Gasteiger partial charge in [0.05, 0.1) is 23.7 Å². The molecule has 0 unspecified atom stereocenters. The molecule has 4 N–H and O–H groups in total. The number of sulfone groups is 1. The number of rotatable bonds is 13. The standard InChI is InChI=1S/C26H27FN8O10S3/c1-15-10-17-4-5-19(12-20(17)23(11-15)47(39,40)41)33-34-21-7-6-18(13-22(21)28-16(2)36)29-25-30-24(27)31-26(32-25)35(3)14-46(37,38)9-8-45-48(42,43)44/h4-7,10-13H,8-9,14H2,1-3H3,(H,28,36)(H,39,40,41)(H,42,43,44)(H,29,30,31,32). The third-order valence-corrected chi connectivity index (χ3v) is 9.04. The quantitative estimate of drug-likeness (QED) is 0.114. The largest absolute Gasteiger partial charge is 0.397 e. The van der Waals surface area contributed by atoms with E-state index in [9.17, 15) is 39.0 Å². The van der Waals surface area contributed by atoms with E-state index in [-0.39, 0.29) is 39.0 Å². The highest BCUT2D eigenvalue weighted by Crippen LogP contribution is 2.33. The number of aryl methyl sites for hydroxylation is 1. The van der Waals surface area contributed by atoms with Crippen LogP contribution in [0, 0.1) is 13.0 Å². The summed E-state index contributed by atoms with van der Waals surface area (Å²) in [4.78, 5) is 23.6. The Morgan fingerprint density at radius 1 is 0.979 bits per heavy atom. The number of amides is 1. The van der Waals surface area contributed by atoms with Crippen molar-refractivity contribution in [3.05, 3.63) is 60.2 Å². The molecule has 1 heterocycles. The van der Waals surface area contributed by atoms with E-state index in [0.29, 0.717) is 10.9 Å². The number of halogens is 1. The van der Waals surface area contributed by atoms with Crippen molar-refractivity contribution in [1.82, 2.24) is 15.0 Å². The zero-order valence-corrected chi connectivity index (χ0v) is 27.6. The molecule has 48 heavy (non-hydrogen) atoms. The molecule has 22 heteroatoms. The zero-order valence-electron chi connectivity index (χ0n) is 25.2. The first-order valence-electron chi connectivity index (χ1n) is 13.4. The van der Waals surface area contributed by atoms with E-state index in [0.717, 1.165) is 4.90 Å². The van der Waals surface area contributed by atoms with Crippen molar-refractivity contribution in [2.24, 2.45) is 10.2 Å². The maximum Gasteiger partial charge on any atom is 0.397 e. The van der Waals surface area contributed by atoms with E-state index in [1.165, 1.54) is 44.3 Å². The Morgan fingerprint density at radius 2 is 1.71 bits per heavy atom. The molecular weight excluding hydrogens is 700 g/mol. The van der Waals surface area contributed by atoms with E-state index in [1.807, 2.05) is 0 Å². The van der Waals surface area contributed by atoms with Crippen LogP contribution in [-0.4, -0.2) is 80.5 Å². The average Bonchev–Trinajstić information content (AvgIpc) is 2.94. The van der Waals surface area contributed by atoms with Gasteiger partial charge in [0.1, 0.15) is 16.5 Å². The molecule has 0 atom stereocenters. The topological polar surface area (TPSA) is 260 Å². The first kappa shape index (κ1) is 36.1. The van der Waals surface area contributed by atoms with Gasteiger partial charge in [-0.3, -0.25) is 13.9 Å². The summed E-state index contributed by atoms with van der Waals surface area (Å²) in [5.41, 5.74) is 1.40. The van der Waals surface area contributed by atoms with Crippen molar-refractivity contribution in [1.29, 1.82) is 0 Å². The molecule has 0 bridgehead atoms. The van der Waals surface area contributed by atoms with Crippen LogP contribution in [-0.2, 0) is 39.3 Å². The summed E-state index contributed by atoms with van der Waals surface area (Å²) >= 11 is 0. The van der Waals surface area contributed by atoms with Gasteiger partial charge in [-0.1, -0.05) is 12.1 Å². The number of hydrogen-bond acceptors (Lipinski definition) is 15. The second-order valence-electron chi connectivity index (χ2n) is 10.1. The lowest BCUT2D eigenvalue weighted by molar-refractivity contribution is -0.114. The lowest BCUT2D eigenvalue weighted by atomic mass is 10.1. The van der Waals surface area contributed by atoms with E-state index in [4.69, 9.17) is 4.55 Å². The van der Waals surface area contributed by atoms with Crippen molar-refractivity contribution >= 4 is 81.7 Å². The van der Waals surface area contributed by atoms with E-state index in [1.54, 1.807) is 25.1 Å². The summed E-state index contributed by atoms with van der Waals surface area (Å²) in [6, 6.07) is 12.0. The van der Waals surface area contributed by atoms with Crippen molar-refractivity contribution in [2.45, 2.75) is 18.7 Å². The molecular formula is C26H27FN8O10S3. The van der Waals surface area contributed by atoms with Gasteiger partial charge in [-0.2, -0.15) is 41.3 Å². The van der Waals surface area contributed by atoms with Crippen LogP contribution in [0.3, 0.4) is 0 Å². The van der Waals surface area contributed by atoms with Gasteiger partial charge in [0.15, 0.2) is 9.84 Å². The summed E-state index contributed by atoms with van der Waals surface area (Å²) in [6.07, 6.45) is -1.27. The molecule has 0 aliphatic heterocycles. The molecule has 0 fully saturated rings. The van der Waals surface area contributed by atoms with E-state index < -0.39 is 66.5 Å². The van der Waals surface area contributed by atoms with Crippen molar-refractivity contribution in [3.63, 3.8) is 0 Å². The molecule has 0 aliphatic rings. The van der Waals surface area contributed by atoms with Crippen LogP contribution in [0.15, 0.2) is 63.7 Å². The van der Waals surface area contributed by atoms with Gasteiger partial charge in [0.2, 0.25) is 17.8 Å². The fourth-order valence-electron chi connectivity index (χ4n) is 4.21. The Balaban J connectivity index is 1.57. The Kier molecular flexibility index (Phi) is 10.7. The maximum absolute atomic E-state index is 14.3. The molecule has 256 valence electrons. The van der Waals surface area contributed by atoms with Crippen LogP contribution < -0.4 is 15.5 Å². The number of nitrogens with one attached hydrogen (secondary N) is 2. The Bertz CT molecular complexity index is 2250. The maximum atomic E-state index is 14.3. The number of fused-ring (bicyclic) bond motifs is 1. The molecule has 1 amide bonds. The van der Waals surface area contributed by atoms with Crippen LogP contribution in [0.2, 0.25) is 0 Å². The normalized spacial score (nSPS) is 12.4. The Labute approximate surface area is 273 Å². The third kappa shape index (κ3) is 10.1. The highest BCUT2D eigenvalue weighted by atomic mass is 32.3. The van der Waals surface area contributed by atoms with Crippen molar-refractivity contribution in [3.8, 4) is 0 Å². The second kappa shape index (κ2) is 14.2. The highest BCUT2D eigenvalue weighted by molar-refractivity contribution is 7.91. The van der Waals surface area contributed by atoms with Gasteiger partial charge in [-0.25, -0.2) is 12.6 Å². The third-order valence-electron chi connectivity index (χ3n) is 6.11. The first-order chi connectivity index (χ1) is 22.3. The predicted molar refractivity (Wildman–Crippen MR) is 171 cm³/mol. The number of hydrogen-bond donors (Lipinski definition) is 4. The second-order valence-corrected chi connectivity index (χ2v) is 14.8. The van der Waals surface area contributed by atoms with Gasteiger partial charge in [0.25, 0.3) is 10.1 Å². The fourth-order valence-corrected chi connectivity index (χ4v) is 6.57. The minimum Gasteiger partial charge on any atom is -0.329 e. The molecule has 0 saturated heterocycles. The monoisotopic (exact) mass is 726 g/mol. The van der Waals surface area contributed by atoms with Gasteiger partial charge >= 0.3 is 16.5 Å². The lowest BCUT2D eigenvalue weighted by Gasteiger charge is -2.17. The molecule has 4 rings (SSSR count). The van der Waals surface area contributed by atoms with Gasteiger partial charge < -0.3 is 15.5 Å². The molecule has 3 aromatic carbocycles. The molecule has 0 spiro atoms. The number of nitrogens with zero attached hydrogens (tertiary/aromatic N) is 6. The summed E-state index contributed by atoms with van der Waals surface area (Å²) < 4.78 is 106. The minimum atomic E-state index is -4.84. The summed E-state index contributed by atoms with van der Waals surface area (Å²) in [7, 11) is -12.2. The summed E-state index contributed by atoms with van der Waals surface area (Å²) in [5.74, 6) is -2.79. The number of anilines is 4. The average molecular weight is 727 g/mol. The number of carbonyl (C=O) groups is 1. The van der Waals surface area contributed by atoms with E-state index >= 15 is 0 Å². The number of azo groups is 1. The van der Waals surface area contributed by atoms with Gasteiger partial charge in [-0.15, -0.1) is 5.11 Å². The molecule has 0 radical (unpaired) electrons. The number of carbonyl (C=O) groups excluding carboxylic acids is 1. The van der Waals surface area contributed by atoms with Crippen LogP contribution in [0.25, 0.3) is 10.8 Å². The summed E-state index contributed by atoms with van der Waals surface area (Å²) in [6.45, 7) is 2.08. The van der Waals surface area contributed by atoms with Crippen molar-refractivity contribution in [2.75, 3.05) is 40.8 Å². The minimum absolute atomic E-state index is 0.149.